The molecule has 152 valence electrons. The van der Waals surface area contributed by atoms with Crippen LogP contribution in [0.15, 0.2) is 60.4 Å². The van der Waals surface area contributed by atoms with Gasteiger partial charge in [-0.25, -0.2) is 9.48 Å². The van der Waals surface area contributed by atoms with Gasteiger partial charge in [0.1, 0.15) is 17.1 Å². The minimum Gasteiger partial charge on any atom is -0.477 e. The van der Waals surface area contributed by atoms with Gasteiger partial charge in [0.2, 0.25) is 0 Å². The lowest BCUT2D eigenvalue weighted by Crippen LogP contribution is -2.25. The summed E-state index contributed by atoms with van der Waals surface area (Å²) in [5, 5.41) is 20.1. The lowest BCUT2D eigenvalue weighted by molar-refractivity contribution is -0.132. The normalized spacial score (nSPS) is 15.0. The van der Waals surface area contributed by atoms with Crippen LogP contribution in [-0.4, -0.2) is 26.8 Å². The molecule has 0 saturated carbocycles. The van der Waals surface area contributed by atoms with Gasteiger partial charge in [-0.3, -0.25) is 4.79 Å². The number of halogens is 1. The number of anilines is 2. The molecular weight excluding hydrogens is 404 g/mol. The van der Waals surface area contributed by atoms with Gasteiger partial charge in [-0.1, -0.05) is 29.8 Å². The lowest BCUT2D eigenvalue weighted by atomic mass is 10.0. The molecule has 0 fully saturated rings. The minimum absolute atomic E-state index is 0.0248. The first-order chi connectivity index (χ1) is 14.3. The van der Waals surface area contributed by atoms with Gasteiger partial charge >= 0.3 is 5.97 Å². The predicted octanol–water partition coefficient (Wildman–Crippen LogP) is 4.39. The molecule has 0 spiro atoms. The van der Waals surface area contributed by atoms with Gasteiger partial charge in [0.05, 0.1) is 12.2 Å². The Balaban J connectivity index is 1.70. The largest absolute Gasteiger partial charge is 0.477 e. The summed E-state index contributed by atoms with van der Waals surface area (Å²) in [6.07, 6.45) is 2.98. The van der Waals surface area contributed by atoms with Gasteiger partial charge in [-0.05, 0) is 60.9 Å². The molecule has 1 aromatic heterocycles. The maximum Gasteiger partial charge on any atom is 0.352 e. The third kappa shape index (κ3) is 3.67. The quantitative estimate of drug-likeness (QED) is 0.579. The Labute approximate surface area is 178 Å². The predicted molar refractivity (Wildman–Crippen MR) is 115 cm³/mol. The van der Waals surface area contributed by atoms with Gasteiger partial charge in [0.15, 0.2) is 0 Å². The van der Waals surface area contributed by atoms with Crippen LogP contribution in [-0.2, 0) is 4.79 Å². The fourth-order valence-corrected chi connectivity index (χ4v) is 3.43. The molecule has 8 heteroatoms. The van der Waals surface area contributed by atoms with Gasteiger partial charge < -0.3 is 15.7 Å². The van der Waals surface area contributed by atoms with Crippen molar-refractivity contribution in [1.82, 2.24) is 9.78 Å². The summed E-state index contributed by atoms with van der Waals surface area (Å²) in [6.45, 7) is 3.96. The summed E-state index contributed by atoms with van der Waals surface area (Å²) < 4.78 is 1.59. The smallest absolute Gasteiger partial charge is 0.352 e. The Morgan fingerprint density at radius 3 is 2.53 bits per heavy atom. The van der Waals surface area contributed by atoms with E-state index in [2.05, 4.69) is 15.7 Å². The van der Waals surface area contributed by atoms with E-state index in [-0.39, 0.29) is 17.2 Å². The standard InChI is InChI=1S/C22H19ClN4O3/c1-12-3-8-16(9-13(12)2)25-21(28)17-11-24-27-19(14-4-6-15(23)7-5-14)10-18(22(29)30)26-20(17)27/h3-11,19,26H,1-2H3,(H,25,28)(H,29,30)/t19-/m0/s1. The Bertz CT molecular complexity index is 1180. The van der Waals surface area contributed by atoms with Crippen LogP contribution in [0, 0.1) is 13.8 Å². The highest BCUT2D eigenvalue weighted by Gasteiger charge is 2.29. The number of aromatic nitrogens is 2. The highest BCUT2D eigenvalue weighted by Crippen LogP contribution is 2.33. The Morgan fingerprint density at radius 1 is 1.13 bits per heavy atom. The first kappa shape index (κ1) is 19.7. The van der Waals surface area contributed by atoms with Crippen molar-refractivity contribution in [3.8, 4) is 0 Å². The third-order valence-corrected chi connectivity index (χ3v) is 5.34. The number of allylic oxidation sites excluding steroid dienone is 1. The van der Waals surface area contributed by atoms with E-state index in [0.717, 1.165) is 16.7 Å². The van der Waals surface area contributed by atoms with Crippen molar-refractivity contribution in [3.63, 3.8) is 0 Å². The van der Waals surface area contributed by atoms with Crippen LogP contribution < -0.4 is 10.6 Å². The van der Waals surface area contributed by atoms with Gasteiger partial charge in [0, 0.05) is 10.7 Å². The fraction of sp³-hybridized carbons (Fsp3) is 0.136. The Kier molecular flexibility index (Phi) is 5.05. The second kappa shape index (κ2) is 7.68. The van der Waals surface area contributed by atoms with Crippen LogP contribution >= 0.6 is 11.6 Å². The Hall–Kier alpha value is -3.58. The number of rotatable bonds is 4. The second-order valence-electron chi connectivity index (χ2n) is 7.11. The van der Waals surface area contributed by atoms with Crippen LogP contribution in [0.5, 0.6) is 0 Å². The highest BCUT2D eigenvalue weighted by atomic mass is 35.5. The third-order valence-electron chi connectivity index (χ3n) is 5.09. The number of nitrogens with one attached hydrogen (secondary N) is 2. The summed E-state index contributed by atoms with van der Waals surface area (Å²) in [7, 11) is 0. The lowest BCUT2D eigenvalue weighted by Gasteiger charge is -2.24. The molecule has 0 radical (unpaired) electrons. The van der Waals surface area contributed by atoms with Crippen LogP contribution in [0.4, 0.5) is 11.5 Å². The summed E-state index contributed by atoms with van der Waals surface area (Å²) >= 11 is 5.98. The van der Waals surface area contributed by atoms with Crippen LogP contribution in [0.25, 0.3) is 0 Å². The molecule has 1 atom stereocenters. The monoisotopic (exact) mass is 422 g/mol. The van der Waals surface area contributed by atoms with Gasteiger partial charge in [0.25, 0.3) is 5.91 Å². The number of nitrogens with zero attached hydrogens (tertiary/aromatic N) is 2. The number of aryl methyl sites for hydroxylation is 2. The molecule has 1 aliphatic heterocycles. The van der Waals surface area contributed by atoms with Crippen molar-refractivity contribution >= 4 is 35.0 Å². The molecule has 30 heavy (non-hydrogen) atoms. The summed E-state index contributed by atoms with van der Waals surface area (Å²) in [6, 6.07) is 12.2. The number of carboxylic acids is 1. The molecule has 3 aromatic rings. The van der Waals surface area contributed by atoms with Gasteiger partial charge in [-0.2, -0.15) is 5.10 Å². The van der Waals surface area contributed by atoms with Crippen molar-refractivity contribution in [2.45, 2.75) is 19.9 Å². The van der Waals surface area contributed by atoms with Crippen molar-refractivity contribution in [2.75, 3.05) is 10.6 Å². The maximum atomic E-state index is 12.9. The average molecular weight is 423 g/mol. The molecule has 1 aliphatic rings. The van der Waals surface area contributed by atoms with E-state index in [1.165, 1.54) is 6.20 Å². The van der Waals surface area contributed by atoms with Crippen molar-refractivity contribution in [2.24, 2.45) is 0 Å². The number of carbonyl (C=O) groups excluding carboxylic acids is 1. The number of hydrogen-bond donors (Lipinski definition) is 3. The van der Waals surface area contributed by atoms with E-state index >= 15 is 0 Å². The van der Waals surface area contributed by atoms with Crippen LogP contribution in [0.3, 0.4) is 0 Å². The number of carbonyl (C=O) groups is 2. The van der Waals surface area contributed by atoms with Gasteiger partial charge in [-0.15, -0.1) is 0 Å². The highest BCUT2D eigenvalue weighted by molar-refractivity contribution is 6.30. The number of fused-ring (bicyclic) bond motifs is 1. The topological polar surface area (TPSA) is 96.3 Å². The number of amides is 1. The number of carboxylic acid groups (broad SMARTS) is 1. The molecule has 1 amide bonds. The van der Waals surface area contributed by atoms with E-state index in [9.17, 15) is 14.7 Å². The molecule has 7 nitrogen and oxygen atoms in total. The van der Waals surface area contributed by atoms with E-state index in [1.807, 2.05) is 32.0 Å². The molecule has 2 aromatic carbocycles. The maximum absolute atomic E-state index is 12.9. The van der Waals surface area contributed by atoms with Crippen molar-refractivity contribution in [3.05, 3.63) is 87.7 Å². The SMILES string of the molecule is Cc1ccc(NC(=O)c2cnn3c2NC(C(=O)O)=C[C@H]3c2ccc(Cl)cc2)cc1C. The second-order valence-corrected chi connectivity index (χ2v) is 7.55. The summed E-state index contributed by atoms with van der Waals surface area (Å²) in [5.74, 6) is -1.19. The molecular formula is C22H19ClN4O3. The molecule has 2 heterocycles. The van der Waals surface area contributed by atoms with Crippen LogP contribution in [0.2, 0.25) is 5.02 Å². The number of hydrogen-bond acceptors (Lipinski definition) is 4. The zero-order valence-electron chi connectivity index (χ0n) is 16.3. The summed E-state index contributed by atoms with van der Waals surface area (Å²) in [4.78, 5) is 24.6. The average Bonchev–Trinajstić information content (AvgIpc) is 3.15. The molecule has 0 aliphatic carbocycles. The molecule has 4 rings (SSSR count). The van der Waals surface area contributed by atoms with E-state index in [4.69, 9.17) is 11.6 Å². The molecule has 3 N–H and O–H groups in total. The van der Waals surface area contributed by atoms with E-state index in [1.54, 1.807) is 35.0 Å². The summed E-state index contributed by atoms with van der Waals surface area (Å²) in [5.41, 5.74) is 3.86. The fourth-order valence-electron chi connectivity index (χ4n) is 3.30. The first-order valence-electron chi connectivity index (χ1n) is 9.27. The zero-order valence-corrected chi connectivity index (χ0v) is 17.1. The minimum atomic E-state index is -1.12. The van der Waals surface area contributed by atoms with Crippen LogP contribution in [0.1, 0.15) is 33.1 Å². The molecule has 0 unspecified atom stereocenters. The Morgan fingerprint density at radius 2 is 1.87 bits per heavy atom. The number of benzene rings is 2. The zero-order chi connectivity index (χ0) is 21.4. The first-order valence-corrected chi connectivity index (χ1v) is 9.65. The van der Waals surface area contributed by atoms with Crippen molar-refractivity contribution < 1.29 is 14.7 Å². The van der Waals surface area contributed by atoms with E-state index < -0.39 is 12.0 Å². The molecule has 0 saturated heterocycles. The molecule has 0 bridgehead atoms. The van der Waals surface area contributed by atoms with Crippen molar-refractivity contribution in [1.29, 1.82) is 0 Å². The van der Waals surface area contributed by atoms with E-state index in [0.29, 0.717) is 16.5 Å². The number of aliphatic carboxylic acids is 1.